The lowest BCUT2D eigenvalue weighted by atomic mass is 10.1. The van der Waals surface area contributed by atoms with Gasteiger partial charge in [-0.05, 0) is 43.2 Å². The van der Waals surface area contributed by atoms with Crippen LogP contribution in [0.1, 0.15) is 31.5 Å². The molecule has 10 heteroatoms. The zero-order valence-corrected chi connectivity index (χ0v) is 19.2. The Morgan fingerprint density at radius 3 is 2.68 bits per heavy atom. The number of para-hydroxylation sites is 1. The SMILES string of the molecule is NC(=O)C1CC(C(=O)Nc2ccc(Cl)c(-c3nnc4n3CCCCC4)c2)=NN1c1ccccc1. The summed E-state index contributed by atoms with van der Waals surface area (Å²) in [5, 5.41) is 18.0. The van der Waals surface area contributed by atoms with E-state index < -0.39 is 17.9 Å². The summed E-state index contributed by atoms with van der Waals surface area (Å²) in [6.07, 6.45) is 4.32. The first-order valence-corrected chi connectivity index (χ1v) is 11.6. The van der Waals surface area contributed by atoms with E-state index in [4.69, 9.17) is 17.3 Å². The van der Waals surface area contributed by atoms with Gasteiger partial charge in [0, 0.05) is 30.6 Å². The summed E-state index contributed by atoms with van der Waals surface area (Å²) in [7, 11) is 0. The number of nitrogens with two attached hydrogens (primary N) is 1. The average Bonchev–Trinajstić information content (AvgIpc) is 3.39. The molecule has 3 aromatic rings. The zero-order valence-electron chi connectivity index (χ0n) is 18.4. The Bertz CT molecular complexity index is 1270. The monoisotopic (exact) mass is 477 g/mol. The third-order valence-electron chi connectivity index (χ3n) is 6.10. The number of rotatable bonds is 5. The maximum absolute atomic E-state index is 13.0. The molecule has 1 unspecified atom stereocenters. The molecule has 2 amide bonds. The first-order chi connectivity index (χ1) is 16.5. The van der Waals surface area contributed by atoms with Crippen LogP contribution in [0.3, 0.4) is 0 Å². The van der Waals surface area contributed by atoms with Gasteiger partial charge in [0.2, 0.25) is 5.91 Å². The molecule has 2 aliphatic heterocycles. The number of amides is 2. The second-order valence-corrected chi connectivity index (χ2v) is 8.81. The van der Waals surface area contributed by atoms with E-state index in [1.165, 1.54) is 5.01 Å². The highest BCUT2D eigenvalue weighted by Crippen LogP contribution is 2.32. The van der Waals surface area contributed by atoms with Gasteiger partial charge in [-0.25, -0.2) is 0 Å². The number of nitrogens with one attached hydrogen (secondary N) is 1. The molecule has 34 heavy (non-hydrogen) atoms. The summed E-state index contributed by atoms with van der Waals surface area (Å²) < 4.78 is 2.11. The molecule has 1 aromatic heterocycles. The molecule has 3 heterocycles. The van der Waals surface area contributed by atoms with Crippen LogP contribution in [0.5, 0.6) is 0 Å². The molecule has 2 aliphatic rings. The van der Waals surface area contributed by atoms with Gasteiger partial charge >= 0.3 is 0 Å². The van der Waals surface area contributed by atoms with Crippen LogP contribution < -0.4 is 16.1 Å². The maximum atomic E-state index is 13.0. The van der Waals surface area contributed by atoms with E-state index in [0.29, 0.717) is 27.8 Å². The first-order valence-electron chi connectivity index (χ1n) is 11.3. The van der Waals surface area contributed by atoms with E-state index in [-0.39, 0.29) is 12.1 Å². The number of fused-ring (bicyclic) bond motifs is 1. The standard InChI is InChI=1S/C24H24ClN7O2/c25-18-11-10-15(13-17(18)23-29-28-21-9-5-2-6-12-31(21)23)27-24(34)19-14-20(22(26)33)32(30-19)16-7-3-1-4-8-16/h1,3-4,7-8,10-11,13,20H,2,5-6,9,12,14H2,(H2,26,33)(H,27,34). The Balaban J connectivity index is 1.40. The highest BCUT2D eigenvalue weighted by Gasteiger charge is 2.35. The largest absolute Gasteiger partial charge is 0.368 e. The van der Waals surface area contributed by atoms with Gasteiger partial charge in [0.05, 0.1) is 10.7 Å². The van der Waals surface area contributed by atoms with Crippen molar-refractivity contribution in [2.24, 2.45) is 10.8 Å². The van der Waals surface area contributed by atoms with Gasteiger partial charge in [-0.15, -0.1) is 10.2 Å². The first kappa shape index (κ1) is 22.1. The van der Waals surface area contributed by atoms with Gasteiger partial charge in [-0.1, -0.05) is 36.2 Å². The topological polar surface area (TPSA) is 118 Å². The van der Waals surface area contributed by atoms with Crippen LogP contribution in [-0.2, 0) is 22.6 Å². The van der Waals surface area contributed by atoms with Crippen molar-refractivity contribution in [3.8, 4) is 11.4 Å². The fraction of sp³-hybridized carbons (Fsp3) is 0.292. The fourth-order valence-corrected chi connectivity index (χ4v) is 4.55. The van der Waals surface area contributed by atoms with Crippen LogP contribution in [0.25, 0.3) is 11.4 Å². The lowest BCUT2D eigenvalue weighted by Gasteiger charge is -2.20. The average molecular weight is 478 g/mol. The number of halogens is 1. The van der Waals surface area contributed by atoms with Crippen molar-refractivity contribution < 1.29 is 9.59 Å². The minimum absolute atomic E-state index is 0.119. The van der Waals surface area contributed by atoms with Gasteiger partial charge in [0.15, 0.2) is 5.82 Å². The number of anilines is 2. The summed E-state index contributed by atoms with van der Waals surface area (Å²) in [4.78, 5) is 25.0. The summed E-state index contributed by atoms with van der Waals surface area (Å²) in [6, 6.07) is 13.7. The number of aromatic nitrogens is 3. The number of benzene rings is 2. The predicted molar refractivity (Wildman–Crippen MR) is 131 cm³/mol. The number of hydrazone groups is 1. The normalized spacial score (nSPS) is 17.6. The van der Waals surface area contributed by atoms with Crippen LogP contribution in [0, 0.1) is 0 Å². The zero-order chi connectivity index (χ0) is 23.7. The summed E-state index contributed by atoms with van der Waals surface area (Å²) in [5.41, 5.74) is 7.75. The summed E-state index contributed by atoms with van der Waals surface area (Å²) in [5.74, 6) is 0.701. The molecule has 5 rings (SSSR count). The van der Waals surface area contributed by atoms with Gasteiger partial charge < -0.3 is 15.6 Å². The molecule has 0 saturated carbocycles. The van der Waals surface area contributed by atoms with Crippen LogP contribution in [0.2, 0.25) is 5.02 Å². The highest BCUT2D eigenvalue weighted by molar-refractivity contribution is 6.44. The molecule has 0 bridgehead atoms. The van der Waals surface area contributed by atoms with Crippen LogP contribution >= 0.6 is 11.6 Å². The molecule has 174 valence electrons. The maximum Gasteiger partial charge on any atom is 0.271 e. The third-order valence-corrected chi connectivity index (χ3v) is 6.43. The molecule has 2 aromatic carbocycles. The van der Waals surface area contributed by atoms with Gasteiger partial charge in [-0.2, -0.15) is 5.10 Å². The minimum atomic E-state index is -0.727. The Kier molecular flexibility index (Phi) is 6.02. The Morgan fingerprint density at radius 2 is 1.88 bits per heavy atom. The van der Waals surface area contributed by atoms with E-state index >= 15 is 0 Å². The fourth-order valence-electron chi connectivity index (χ4n) is 4.35. The number of nitrogens with zero attached hydrogens (tertiary/aromatic N) is 5. The highest BCUT2D eigenvalue weighted by atomic mass is 35.5. The van der Waals surface area contributed by atoms with E-state index in [9.17, 15) is 9.59 Å². The summed E-state index contributed by atoms with van der Waals surface area (Å²) in [6.45, 7) is 0.839. The van der Waals surface area contributed by atoms with Crippen LogP contribution in [0.15, 0.2) is 53.6 Å². The van der Waals surface area contributed by atoms with Crippen LogP contribution in [0.4, 0.5) is 11.4 Å². The van der Waals surface area contributed by atoms with Gasteiger partial charge in [-0.3, -0.25) is 14.6 Å². The molecule has 0 fully saturated rings. The number of primary amides is 1. The van der Waals surface area contributed by atoms with E-state index in [2.05, 4.69) is 25.2 Å². The molecular formula is C24H24ClN7O2. The molecule has 1 atom stereocenters. The van der Waals surface area contributed by atoms with Crippen molar-refractivity contribution in [1.29, 1.82) is 0 Å². The van der Waals surface area contributed by atoms with Crippen molar-refractivity contribution in [3.63, 3.8) is 0 Å². The Morgan fingerprint density at radius 1 is 1.06 bits per heavy atom. The molecule has 0 spiro atoms. The molecule has 3 N–H and O–H groups in total. The van der Waals surface area contributed by atoms with Gasteiger partial charge in [0.25, 0.3) is 5.91 Å². The van der Waals surface area contributed by atoms with E-state index in [1.807, 2.05) is 30.3 Å². The molecule has 0 aliphatic carbocycles. The Labute approximate surface area is 201 Å². The smallest absolute Gasteiger partial charge is 0.271 e. The Hall–Kier alpha value is -3.72. The van der Waals surface area contributed by atoms with Crippen LogP contribution in [-0.4, -0.2) is 38.3 Å². The van der Waals surface area contributed by atoms with E-state index in [0.717, 1.165) is 38.1 Å². The van der Waals surface area contributed by atoms with Crippen molar-refractivity contribution in [2.75, 3.05) is 10.3 Å². The number of aryl methyl sites for hydroxylation is 1. The summed E-state index contributed by atoms with van der Waals surface area (Å²) >= 11 is 6.50. The van der Waals surface area contributed by atoms with Gasteiger partial charge in [0.1, 0.15) is 17.6 Å². The number of hydrogen-bond acceptors (Lipinski definition) is 6. The van der Waals surface area contributed by atoms with Crippen molar-refractivity contribution in [2.45, 2.75) is 44.7 Å². The third kappa shape index (κ3) is 4.26. The van der Waals surface area contributed by atoms with Crippen molar-refractivity contribution >= 4 is 40.5 Å². The molecule has 9 nitrogen and oxygen atoms in total. The number of hydrogen-bond donors (Lipinski definition) is 2. The lowest BCUT2D eigenvalue weighted by molar-refractivity contribution is -0.119. The molecular weight excluding hydrogens is 454 g/mol. The molecule has 0 saturated heterocycles. The lowest BCUT2D eigenvalue weighted by Crippen LogP contribution is -2.39. The second-order valence-electron chi connectivity index (χ2n) is 8.40. The van der Waals surface area contributed by atoms with Crippen molar-refractivity contribution in [1.82, 2.24) is 14.8 Å². The predicted octanol–water partition coefficient (Wildman–Crippen LogP) is 3.38. The van der Waals surface area contributed by atoms with E-state index in [1.54, 1.807) is 18.2 Å². The molecule has 0 radical (unpaired) electrons. The number of carbonyl (C=O) groups is 2. The minimum Gasteiger partial charge on any atom is -0.368 e. The quantitative estimate of drug-likeness (QED) is 0.584. The second kappa shape index (κ2) is 9.26. The number of carbonyl (C=O) groups excluding carboxylic acids is 2. The van der Waals surface area contributed by atoms with Crippen molar-refractivity contribution in [3.05, 3.63) is 59.4 Å².